The van der Waals surface area contributed by atoms with Crippen LogP contribution in [0.5, 0.6) is 0 Å². The van der Waals surface area contributed by atoms with Crippen LogP contribution in [0.1, 0.15) is 20.3 Å². The molecule has 0 aliphatic heterocycles. The van der Waals surface area contributed by atoms with Crippen LogP contribution in [0.4, 0.5) is 0 Å². The van der Waals surface area contributed by atoms with Crippen molar-refractivity contribution in [3.8, 4) is 0 Å². The summed E-state index contributed by atoms with van der Waals surface area (Å²) >= 11 is 0. The Morgan fingerprint density at radius 2 is 1.93 bits per heavy atom. The quantitative estimate of drug-likeness (QED) is 0.466. The summed E-state index contributed by atoms with van der Waals surface area (Å²) in [5.74, 6) is -0.942. The second kappa shape index (κ2) is 8.44. The van der Waals surface area contributed by atoms with E-state index in [1.807, 2.05) is 0 Å². The largest absolute Gasteiger partial charge is 0.478 e. The van der Waals surface area contributed by atoms with Crippen molar-refractivity contribution in [2.24, 2.45) is 0 Å². The molecule has 0 aromatic heterocycles. The van der Waals surface area contributed by atoms with Gasteiger partial charge in [0, 0.05) is 18.5 Å². The summed E-state index contributed by atoms with van der Waals surface area (Å²) in [7, 11) is 0. The van der Waals surface area contributed by atoms with Gasteiger partial charge in [0.2, 0.25) is 0 Å². The second-order valence-electron chi connectivity index (χ2n) is 3.30. The van der Waals surface area contributed by atoms with Gasteiger partial charge < -0.3 is 14.7 Å². The van der Waals surface area contributed by atoms with Gasteiger partial charge in [-0.1, -0.05) is 20.4 Å². The number of nitrogens with zero attached hydrogens (tertiary/aromatic N) is 1. The summed E-state index contributed by atoms with van der Waals surface area (Å²) in [6, 6.07) is 0. The van der Waals surface area contributed by atoms with Crippen molar-refractivity contribution >= 4 is 5.97 Å². The maximum Gasteiger partial charge on any atom is 0.331 e. The Balaban J connectivity index is 3.39. The lowest BCUT2D eigenvalue weighted by Gasteiger charge is -2.17. The van der Waals surface area contributed by atoms with E-state index >= 15 is 0 Å². The highest BCUT2D eigenvalue weighted by molar-refractivity contribution is 5.85. The fourth-order valence-corrected chi connectivity index (χ4v) is 1.14. The zero-order valence-electron chi connectivity index (χ0n) is 9.66. The summed E-state index contributed by atoms with van der Waals surface area (Å²) in [6.07, 6.45) is 0.396. The molecule has 88 valence electrons. The van der Waals surface area contributed by atoms with Gasteiger partial charge in [0.25, 0.3) is 0 Å². The first-order valence-electron chi connectivity index (χ1n) is 5.33. The Morgan fingerprint density at radius 3 is 2.40 bits per heavy atom. The lowest BCUT2D eigenvalue weighted by molar-refractivity contribution is -0.132. The predicted molar refractivity (Wildman–Crippen MR) is 60.0 cm³/mol. The smallest absolute Gasteiger partial charge is 0.331 e. The number of carbonyl (C=O) groups is 1. The van der Waals surface area contributed by atoms with Crippen molar-refractivity contribution in [2.45, 2.75) is 20.3 Å². The molecule has 0 heterocycles. The molecular weight excluding hydrogens is 194 g/mol. The summed E-state index contributed by atoms with van der Waals surface area (Å²) in [6.45, 7) is 11.7. The zero-order valence-corrected chi connectivity index (χ0v) is 9.66. The number of likely N-dealkylation sites (N-methyl/N-ethyl adjacent to an activating group) is 1. The van der Waals surface area contributed by atoms with Crippen molar-refractivity contribution in [1.82, 2.24) is 4.90 Å². The summed E-state index contributed by atoms with van der Waals surface area (Å²) in [4.78, 5) is 12.7. The van der Waals surface area contributed by atoms with E-state index in [-0.39, 0.29) is 5.57 Å². The van der Waals surface area contributed by atoms with Crippen LogP contribution in [0, 0.1) is 0 Å². The van der Waals surface area contributed by atoms with Gasteiger partial charge in [0.05, 0.1) is 13.2 Å². The monoisotopic (exact) mass is 215 g/mol. The van der Waals surface area contributed by atoms with Crippen LogP contribution >= 0.6 is 0 Å². The normalized spacial score (nSPS) is 10.6. The molecular formula is C11H21NO3. The lowest BCUT2D eigenvalue weighted by Crippen LogP contribution is -2.27. The zero-order chi connectivity index (χ0) is 11.7. The van der Waals surface area contributed by atoms with Gasteiger partial charge in [0.15, 0.2) is 0 Å². The maximum absolute atomic E-state index is 10.4. The van der Waals surface area contributed by atoms with Gasteiger partial charge >= 0.3 is 5.97 Å². The Labute approximate surface area is 91.5 Å². The van der Waals surface area contributed by atoms with E-state index in [1.165, 1.54) is 0 Å². The minimum atomic E-state index is -0.942. The molecule has 15 heavy (non-hydrogen) atoms. The minimum Gasteiger partial charge on any atom is -0.478 e. The van der Waals surface area contributed by atoms with Gasteiger partial charge in [-0.2, -0.15) is 0 Å². The highest BCUT2D eigenvalue weighted by Gasteiger charge is 2.03. The molecule has 4 nitrogen and oxygen atoms in total. The first kappa shape index (κ1) is 14.1. The van der Waals surface area contributed by atoms with Gasteiger partial charge in [-0.25, -0.2) is 4.79 Å². The van der Waals surface area contributed by atoms with Crippen molar-refractivity contribution < 1.29 is 14.6 Å². The summed E-state index contributed by atoms with van der Waals surface area (Å²) in [5, 5.41) is 8.54. The molecule has 0 aromatic rings. The standard InChI is InChI=1S/C11H21NO3/c1-4-12(5-2)7-9-15-8-6-10(3)11(13)14/h3-9H2,1-2H3,(H,13,14). The molecule has 0 amide bonds. The summed E-state index contributed by atoms with van der Waals surface area (Å²) in [5.41, 5.74) is 0.206. The molecule has 0 fully saturated rings. The van der Waals surface area contributed by atoms with Crippen LogP contribution in [0.25, 0.3) is 0 Å². The molecule has 0 saturated carbocycles. The molecule has 0 unspecified atom stereocenters. The van der Waals surface area contributed by atoms with Gasteiger partial charge in [0.1, 0.15) is 0 Å². The molecule has 0 aliphatic rings. The highest BCUT2D eigenvalue weighted by Crippen LogP contribution is 1.98. The van der Waals surface area contributed by atoms with Crippen LogP contribution < -0.4 is 0 Å². The number of carboxylic acid groups (broad SMARTS) is 1. The van der Waals surface area contributed by atoms with Crippen LogP contribution in [-0.4, -0.2) is 48.8 Å². The van der Waals surface area contributed by atoms with E-state index in [0.29, 0.717) is 19.6 Å². The Bertz CT molecular complexity index is 200. The van der Waals surface area contributed by atoms with E-state index < -0.39 is 5.97 Å². The average molecular weight is 215 g/mol. The minimum absolute atomic E-state index is 0.206. The third-order valence-corrected chi connectivity index (χ3v) is 2.30. The number of carboxylic acids is 1. The molecule has 0 radical (unpaired) electrons. The highest BCUT2D eigenvalue weighted by atomic mass is 16.5. The number of aliphatic carboxylic acids is 1. The van der Waals surface area contributed by atoms with Crippen LogP contribution in [0.15, 0.2) is 12.2 Å². The molecule has 1 N–H and O–H groups in total. The van der Waals surface area contributed by atoms with Crippen molar-refractivity contribution in [3.05, 3.63) is 12.2 Å². The first-order valence-corrected chi connectivity index (χ1v) is 5.33. The van der Waals surface area contributed by atoms with E-state index in [2.05, 4.69) is 25.3 Å². The predicted octanol–water partition coefficient (Wildman–Crippen LogP) is 1.38. The molecule has 0 aromatic carbocycles. The third-order valence-electron chi connectivity index (χ3n) is 2.30. The number of hydrogen-bond acceptors (Lipinski definition) is 3. The first-order chi connectivity index (χ1) is 7.11. The van der Waals surface area contributed by atoms with Crippen molar-refractivity contribution in [3.63, 3.8) is 0 Å². The average Bonchev–Trinajstić information content (AvgIpc) is 2.23. The molecule has 0 spiro atoms. The number of ether oxygens (including phenoxy) is 1. The number of rotatable bonds is 9. The molecule has 0 aliphatic carbocycles. The lowest BCUT2D eigenvalue weighted by atomic mass is 10.2. The second-order valence-corrected chi connectivity index (χ2v) is 3.30. The van der Waals surface area contributed by atoms with Crippen LogP contribution in [0.3, 0.4) is 0 Å². The Kier molecular flexibility index (Phi) is 7.95. The molecule has 0 rings (SSSR count). The fourth-order valence-electron chi connectivity index (χ4n) is 1.14. The van der Waals surface area contributed by atoms with E-state index in [9.17, 15) is 4.79 Å². The van der Waals surface area contributed by atoms with E-state index in [1.54, 1.807) is 0 Å². The maximum atomic E-state index is 10.4. The van der Waals surface area contributed by atoms with E-state index in [4.69, 9.17) is 9.84 Å². The SMILES string of the molecule is C=C(CCOCCN(CC)CC)C(=O)O. The molecule has 0 bridgehead atoms. The van der Waals surface area contributed by atoms with Crippen LogP contribution in [-0.2, 0) is 9.53 Å². The molecule has 0 saturated heterocycles. The third kappa shape index (κ3) is 7.11. The summed E-state index contributed by atoms with van der Waals surface area (Å²) < 4.78 is 5.32. The van der Waals surface area contributed by atoms with Gasteiger partial charge in [-0.15, -0.1) is 0 Å². The van der Waals surface area contributed by atoms with Crippen LogP contribution in [0.2, 0.25) is 0 Å². The van der Waals surface area contributed by atoms with E-state index in [0.717, 1.165) is 19.6 Å². The topological polar surface area (TPSA) is 49.8 Å². The fraction of sp³-hybridized carbons (Fsp3) is 0.727. The molecule has 4 heteroatoms. The van der Waals surface area contributed by atoms with Crippen molar-refractivity contribution in [1.29, 1.82) is 0 Å². The van der Waals surface area contributed by atoms with Gasteiger partial charge in [-0.05, 0) is 13.1 Å². The Morgan fingerprint density at radius 1 is 1.33 bits per heavy atom. The number of hydrogen-bond donors (Lipinski definition) is 1. The van der Waals surface area contributed by atoms with Gasteiger partial charge in [-0.3, -0.25) is 0 Å². The molecule has 0 atom stereocenters. The Hall–Kier alpha value is -0.870. The van der Waals surface area contributed by atoms with Crippen molar-refractivity contribution in [2.75, 3.05) is 32.8 Å².